The van der Waals surface area contributed by atoms with Crippen LogP contribution in [0.5, 0.6) is 0 Å². The summed E-state index contributed by atoms with van der Waals surface area (Å²) in [6, 6.07) is 3.68. The molecule has 1 aromatic carbocycles. The van der Waals surface area contributed by atoms with Crippen LogP contribution in [0.2, 0.25) is 5.02 Å². The molecule has 1 N–H and O–H groups in total. The standard InChI is InChI=1S/C13H15ClN6S/c1-13(2,3)20-7-8(16-19-20)6-15-11-9(14)4-5-10-12(11)18-21-17-10/h4-5,7,15H,6H2,1-3H3. The molecule has 0 aliphatic carbocycles. The minimum absolute atomic E-state index is 0.0816. The van der Waals surface area contributed by atoms with Crippen LogP contribution in [0.3, 0.4) is 0 Å². The lowest BCUT2D eigenvalue weighted by Crippen LogP contribution is -2.22. The van der Waals surface area contributed by atoms with Crippen molar-refractivity contribution in [3.05, 3.63) is 29.0 Å². The third kappa shape index (κ3) is 2.84. The molecular formula is C13H15ClN6S. The zero-order valence-electron chi connectivity index (χ0n) is 12.0. The van der Waals surface area contributed by atoms with Crippen LogP contribution in [-0.2, 0) is 12.1 Å². The normalized spacial score (nSPS) is 12.0. The fourth-order valence-electron chi connectivity index (χ4n) is 1.88. The van der Waals surface area contributed by atoms with Crippen LogP contribution in [0, 0.1) is 0 Å². The number of aromatic nitrogens is 5. The van der Waals surface area contributed by atoms with Crippen LogP contribution < -0.4 is 5.32 Å². The van der Waals surface area contributed by atoms with Crippen molar-refractivity contribution in [1.29, 1.82) is 0 Å². The van der Waals surface area contributed by atoms with Gasteiger partial charge in [0.1, 0.15) is 16.7 Å². The zero-order valence-corrected chi connectivity index (χ0v) is 13.5. The number of nitrogens with one attached hydrogen (secondary N) is 1. The van der Waals surface area contributed by atoms with Gasteiger partial charge in [-0.1, -0.05) is 16.8 Å². The topological polar surface area (TPSA) is 68.5 Å². The summed E-state index contributed by atoms with van der Waals surface area (Å²) < 4.78 is 10.3. The molecule has 0 unspecified atom stereocenters. The van der Waals surface area contributed by atoms with Gasteiger partial charge in [-0.3, -0.25) is 0 Å². The highest BCUT2D eigenvalue weighted by Crippen LogP contribution is 2.30. The molecule has 0 bridgehead atoms. The van der Waals surface area contributed by atoms with Gasteiger partial charge in [0.15, 0.2) is 0 Å². The molecule has 0 aliphatic heterocycles. The summed E-state index contributed by atoms with van der Waals surface area (Å²) in [5.74, 6) is 0. The lowest BCUT2D eigenvalue weighted by Gasteiger charge is -2.17. The molecule has 8 heteroatoms. The average molecular weight is 323 g/mol. The molecule has 2 aromatic heterocycles. The van der Waals surface area contributed by atoms with E-state index in [4.69, 9.17) is 11.6 Å². The van der Waals surface area contributed by atoms with Gasteiger partial charge < -0.3 is 5.32 Å². The van der Waals surface area contributed by atoms with Crippen LogP contribution >= 0.6 is 23.3 Å². The Bertz CT molecular complexity index is 772. The van der Waals surface area contributed by atoms with Gasteiger partial charge in [-0.25, -0.2) is 4.68 Å². The van der Waals surface area contributed by atoms with E-state index in [9.17, 15) is 0 Å². The maximum Gasteiger partial charge on any atom is 0.129 e. The molecule has 110 valence electrons. The monoisotopic (exact) mass is 322 g/mol. The molecule has 2 heterocycles. The first-order chi connectivity index (χ1) is 9.95. The number of hydrogen-bond donors (Lipinski definition) is 1. The van der Waals surface area contributed by atoms with Crippen LogP contribution in [0.15, 0.2) is 18.3 Å². The van der Waals surface area contributed by atoms with Crippen molar-refractivity contribution in [1.82, 2.24) is 23.7 Å². The Hall–Kier alpha value is -1.73. The van der Waals surface area contributed by atoms with Crippen LogP contribution in [0.1, 0.15) is 26.5 Å². The zero-order chi connectivity index (χ0) is 15.0. The van der Waals surface area contributed by atoms with Gasteiger partial charge in [0.2, 0.25) is 0 Å². The summed E-state index contributed by atoms with van der Waals surface area (Å²) in [5.41, 5.74) is 3.18. The lowest BCUT2D eigenvalue weighted by atomic mass is 10.1. The van der Waals surface area contributed by atoms with Crippen molar-refractivity contribution < 1.29 is 0 Å². The summed E-state index contributed by atoms with van der Waals surface area (Å²) in [5, 5.41) is 12.2. The summed E-state index contributed by atoms with van der Waals surface area (Å²) in [4.78, 5) is 0. The Morgan fingerprint density at radius 1 is 1.29 bits per heavy atom. The van der Waals surface area contributed by atoms with E-state index in [1.54, 1.807) is 0 Å². The first-order valence-electron chi connectivity index (χ1n) is 6.51. The number of fused-ring (bicyclic) bond motifs is 1. The lowest BCUT2D eigenvalue weighted by molar-refractivity contribution is 0.347. The minimum Gasteiger partial charge on any atom is -0.376 e. The molecule has 21 heavy (non-hydrogen) atoms. The molecule has 0 aliphatic rings. The van der Waals surface area contributed by atoms with Crippen LogP contribution in [0.4, 0.5) is 5.69 Å². The molecule has 0 saturated carbocycles. The van der Waals surface area contributed by atoms with Gasteiger partial charge in [-0.2, -0.15) is 8.75 Å². The Balaban J connectivity index is 1.82. The summed E-state index contributed by atoms with van der Waals surface area (Å²) in [6.07, 6.45) is 1.93. The summed E-state index contributed by atoms with van der Waals surface area (Å²) in [7, 11) is 0. The Kier molecular flexibility index (Phi) is 3.54. The fourth-order valence-corrected chi connectivity index (χ4v) is 2.64. The third-order valence-corrected chi connectivity index (χ3v) is 3.91. The Morgan fingerprint density at radius 2 is 2.10 bits per heavy atom. The number of hydrogen-bond acceptors (Lipinski definition) is 6. The van der Waals surface area contributed by atoms with E-state index in [1.165, 1.54) is 11.7 Å². The van der Waals surface area contributed by atoms with Gasteiger partial charge in [-0.15, -0.1) is 5.10 Å². The van der Waals surface area contributed by atoms with Crippen molar-refractivity contribution in [3.8, 4) is 0 Å². The molecule has 0 atom stereocenters. The van der Waals surface area contributed by atoms with Crippen molar-refractivity contribution in [2.24, 2.45) is 0 Å². The molecule has 0 spiro atoms. The second kappa shape index (κ2) is 5.23. The van der Waals surface area contributed by atoms with E-state index in [0.717, 1.165) is 22.4 Å². The Morgan fingerprint density at radius 3 is 2.81 bits per heavy atom. The number of benzene rings is 1. The molecular weight excluding hydrogens is 308 g/mol. The predicted octanol–water partition coefficient (Wildman–Crippen LogP) is 3.30. The van der Waals surface area contributed by atoms with E-state index in [0.29, 0.717) is 11.6 Å². The highest BCUT2D eigenvalue weighted by molar-refractivity contribution is 7.00. The van der Waals surface area contributed by atoms with Gasteiger partial charge in [-0.05, 0) is 32.9 Å². The molecule has 3 aromatic rings. The summed E-state index contributed by atoms with van der Waals surface area (Å²) >= 11 is 7.41. The van der Waals surface area contributed by atoms with Crippen molar-refractivity contribution in [2.75, 3.05) is 5.32 Å². The third-order valence-electron chi connectivity index (χ3n) is 3.05. The Labute approximate surface area is 131 Å². The molecule has 0 radical (unpaired) electrons. The first-order valence-corrected chi connectivity index (χ1v) is 7.62. The number of halogens is 1. The quantitative estimate of drug-likeness (QED) is 0.801. The van der Waals surface area contributed by atoms with Crippen molar-refractivity contribution in [2.45, 2.75) is 32.9 Å². The van der Waals surface area contributed by atoms with E-state index in [1.807, 2.05) is 23.0 Å². The van der Waals surface area contributed by atoms with E-state index < -0.39 is 0 Å². The SMILES string of the molecule is CC(C)(C)n1cc(CNc2c(Cl)ccc3nsnc23)nn1. The molecule has 0 saturated heterocycles. The van der Waals surface area contributed by atoms with E-state index in [-0.39, 0.29) is 5.54 Å². The molecule has 0 fully saturated rings. The van der Waals surface area contributed by atoms with Crippen molar-refractivity contribution in [3.63, 3.8) is 0 Å². The highest BCUT2D eigenvalue weighted by Gasteiger charge is 2.15. The summed E-state index contributed by atoms with van der Waals surface area (Å²) in [6.45, 7) is 6.78. The first kappa shape index (κ1) is 14.2. The number of rotatable bonds is 3. The van der Waals surface area contributed by atoms with Gasteiger partial charge in [0, 0.05) is 0 Å². The predicted molar refractivity (Wildman–Crippen MR) is 84.8 cm³/mol. The molecule has 6 nitrogen and oxygen atoms in total. The molecule has 0 amide bonds. The number of nitrogens with zero attached hydrogens (tertiary/aromatic N) is 5. The van der Waals surface area contributed by atoms with Crippen LogP contribution in [0.25, 0.3) is 11.0 Å². The minimum atomic E-state index is -0.0816. The van der Waals surface area contributed by atoms with E-state index >= 15 is 0 Å². The highest BCUT2D eigenvalue weighted by atomic mass is 35.5. The molecule has 3 rings (SSSR count). The van der Waals surface area contributed by atoms with E-state index in [2.05, 4.69) is 45.1 Å². The second-order valence-electron chi connectivity index (χ2n) is 5.73. The average Bonchev–Trinajstić information content (AvgIpc) is 3.05. The maximum atomic E-state index is 6.24. The second-order valence-corrected chi connectivity index (χ2v) is 6.67. The van der Waals surface area contributed by atoms with Gasteiger partial charge in [0.25, 0.3) is 0 Å². The fraction of sp³-hybridized carbons (Fsp3) is 0.385. The smallest absolute Gasteiger partial charge is 0.129 e. The number of anilines is 1. The largest absolute Gasteiger partial charge is 0.376 e. The van der Waals surface area contributed by atoms with Gasteiger partial charge >= 0.3 is 0 Å². The van der Waals surface area contributed by atoms with Gasteiger partial charge in [0.05, 0.1) is 40.7 Å². The van der Waals surface area contributed by atoms with Crippen molar-refractivity contribution >= 4 is 40.0 Å². The van der Waals surface area contributed by atoms with Crippen LogP contribution in [-0.4, -0.2) is 23.7 Å². The maximum absolute atomic E-state index is 6.24.